The van der Waals surface area contributed by atoms with E-state index in [1.807, 2.05) is 6.92 Å². The Morgan fingerprint density at radius 2 is 1.18 bits per heavy atom. The molecule has 0 amide bonds. The van der Waals surface area contributed by atoms with Crippen molar-refractivity contribution in [1.82, 2.24) is 4.90 Å². The predicted molar refractivity (Wildman–Crippen MR) is 148 cm³/mol. The number of nitrogens with zero attached hydrogens (tertiary/aromatic N) is 1. The average Bonchev–Trinajstić information content (AvgIpc) is 3.56. The Balaban J connectivity index is 1.85. The zero-order chi connectivity index (χ0) is 24.9. The van der Waals surface area contributed by atoms with Gasteiger partial charge in [-0.2, -0.15) is 0 Å². The molecule has 0 radical (unpaired) electrons. The smallest absolute Gasteiger partial charge is 0.305 e. The normalized spacial score (nSPS) is 18.4. The number of ether oxygens (including phenoxy) is 1. The number of esters is 1. The monoisotopic (exact) mass is 479 g/mol. The highest BCUT2D eigenvalue weighted by molar-refractivity contribution is 5.69. The Kier molecular flexibility index (Phi) is 20.1. The molecule has 0 aromatic carbocycles. The minimum absolute atomic E-state index is 0.0233. The van der Waals surface area contributed by atoms with Crippen molar-refractivity contribution in [3.8, 4) is 0 Å². The van der Waals surface area contributed by atoms with Crippen LogP contribution in [0.25, 0.3) is 0 Å². The maximum atomic E-state index is 11.3. The quantitative estimate of drug-likeness (QED) is 0.0964. The van der Waals surface area contributed by atoms with E-state index < -0.39 is 0 Å². The third-order valence-corrected chi connectivity index (χ3v) is 8.06. The zero-order valence-corrected chi connectivity index (χ0v) is 23.8. The fourth-order valence-corrected chi connectivity index (χ4v) is 5.59. The number of hydrogen-bond donors (Lipinski definition) is 0. The summed E-state index contributed by atoms with van der Waals surface area (Å²) in [6.07, 6.45) is 29.8. The lowest BCUT2D eigenvalue weighted by Gasteiger charge is -2.24. The van der Waals surface area contributed by atoms with Crippen molar-refractivity contribution in [1.29, 1.82) is 0 Å². The van der Waals surface area contributed by atoms with E-state index in [9.17, 15) is 4.79 Å². The summed E-state index contributed by atoms with van der Waals surface area (Å²) in [6.45, 7) is 4.69. The van der Waals surface area contributed by atoms with Gasteiger partial charge in [0.15, 0.2) is 0 Å². The molecular formula is C31H61NO2. The lowest BCUT2D eigenvalue weighted by atomic mass is 9.99. The molecule has 0 N–H and O–H groups in total. The van der Waals surface area contributed by atoms with E-state index in [1.165, 1.54) is 128 Å². The third kappa shape index (κ3) is 17.8. The highest BCUT2D eigenvalue weighted by Crippen LogP contribution is 2.45. The van der Waals surface area contributed by atoms with E-state index in [2.05, 4.69) is 25.9 Å². The predicted octanol–water partition coefficient (Wildman–Crippen LogP) is 9.33. The van der Waals surface area contributed by atoms with Gasteiger partial charge in [0.05, 0.1) is 6.61 Å². The Hall–Kier alpha value is -0.570. The summed E-state index contributed by atoms with van der Waals surface area (Å²) in [5.41, 5.74) is 0. The number of unbranched alkanes of at least 4 members (excludes halogenated alkanes) is 13. The van der Waals surface area contributed by atoms with Crippen molar-refractivity contribution in [3.05, 3.63) is 0 Å². The molecule has 0 spiro atoms. The highest BCUT2D eigenvalue weighted by atomic mass is 16.5. The van der Waals surface area contributed by atoms with Crippen LogP contribution in [0, 0.1) is 11.8 Å². The van der Waals surface area contributed by atoms with Gasteiger partial charge in [0, 0.05) is 12.5 Å². The molecule has 1 aliphatic rings. The van der Waals surface area contributed by atoms with Crippen LogP contribution in [-0.2, 0) is 9.53 Å². The van der Waals surface area contributed by atoms with Crippen molar-refractivity contribution in [2.24, 2.45) is 11.8 Å². The summed E-state index contributed by atoms with van der Waals surface area (Å²) in [4.78, 5) is 13.8. The summed E-state index contributed by atoms with van der Waals surface area (Å²) in [7, 11) is 4.55. The van der Waals surface area contributed by atoms with Crippen LogP contribution in [0.5, 0.6) is 0 Å². The molecule has 0 aromatic heterocycles. The number of carbonyl (C=O) groups excluding carboxylic acids is 1. The molecule has 1 saturated carbocycles. The van der Waals surface area contributed by atoms with Gasteiger partial charge in [0.25, 0.3) is 0 Å². The zero-order valence-electron chi connectivity index (χ0n) is 23.8. The van der Waals surface area contributed by atoms with Crippen molar-refractivity contribution >= 4 is 5.97 Å². The van der Waals surface area contributed by atoms with E-state index in [0.717, 1.165) is 24.3 Å². The van der Waals surface area contributed by atoms with Crippen LogP contribution in [0.1, 0.15) is 155 Å². The molecule has 0 heterocycles. The standard InChI is InChI=1S/C31H61NO2/c1-5-7-8-12-19-24-30(32(3)4)25-20-15-10-9-13-17-22-28-27-29(28)23-18-14-11-16-21-26-31(33)34-6-2/h28-30H,5-27H2,1-4H3. The van der Waals surface area contributed by atoms with E-state index in [0.29, 0.717) is 13.0 Å². The third-order valence-electron chi connectivity index (χ3n) is 8.06. The maximum absolute atomic E-state index is 11.3. The van der Waals surface area contributed by atoms with E-state index in [4.69, 9.17) is 4.74 Å². The van der Waals surface area contributed by atoms with Crippen molar-refractivity contribution in [2.45, 2.75) is 161 Å². The van der Waals surface area contributed by atoms with Crippen LogP contribution >= 0.6 is 0 Å². The Bertz CT molecular complexity index is 464. The first-order valence-corrected chi connectivity index (χ1v) is 15.4. The fraction of sp³-hybridized carbons (Fsp3) is 0.968. The van der Waals surface area contributed by atoms with Gasteiger partial charge in [-0.3, -0.25) is 4.79 Å². The molecule has 3 nitrogen and oxygen atoms in total. The van der Waals surface area contributed by atoms with Crippen LogP contribution in [0.4, 0.5) is 0 Å². The maximum Gasteiger partial charge on any atom is 0.305 e. The first-order chi connectivity index (χ1) is 16.6. The van der Waals surface area contributed by atoms with E-state index >= 15 is 0 Å². The molecular weight excluding hydrogens is 418 g/mol. The van der Waals surface area contributed by atoms with Gasteiger partial charge in [0.2, 0.25) is 0 Å². The van der Waals surface area contributed by atoms with Gasteiger partial charge in [-0.25, -0.2) is 0 Å². The highest BCUT2D eigenvalue weighted by Gasteiger charge is 2.34. The van der Waals surface area contributed by atoms with Crippen molar-refractivity contribution in [2.75, 3.05) is 20.7 Å². The second kappa shape index (κ2) is 21.7. The summed E-state index contributed by atoms with van der Waals surface area (Å²) in [6, 6.07) is 0.804. The number of carbonyl (C=O) groups is 1. The molecule has 34 heavy (non-hydrogen) atoms. The van der Waals surface area contributed by atoms with Gasteiger partial charge >= 0.3 is 5.97 Å². The first kappa shape index (κ1) is 31.5. The minimum atomic E-state index is -0.0233. The van der Waals surface area contributed by atoms with Gasteiger partial charge in [-0.15, -0.1) is 0 Å². The van der Waals surface area contributed by atoms with Crippen LogP contribution < -0.4 is 0 Å². The summed E-state index contributed by atoms with van der Waals surface area (Å²) < 4.78 is 4.98. The van der Waals surface area contributed by atoms with Gasteiger partial charge in [-0.05, 0) is 58.5 Å². The molecule has 3 unspecified atom stereocenters. The molecule has 1 fully saturated rings. The topological polar surface area (TPSA) is 29.5 Å². The van der Waals surface area contributed by atoms with Gasteiger partial charge < -0.3 is 9.64 Å². The molecule has 1 rings (SSSR count). The molecule has 0 aromatic rings. The van der Waals surface area contributed by atoms with Crippen LogP contribution in [0.15, 0.2) is 0 Å². The molecule has 0 bridgehead atoms. The van der Waals surface area contributed by atoms with E-state index in [1.54, 1.807) is 0 Å². The molecule has 202 valence electrons. The van der Waals surface area contributed by atoms with Crippen molar-refractivity contribution < 1.29 is 9.53 Å². The number of hydrogen-bond acceptors (Lipinski definition) is 3. The largest absolute Gasteiger partial charge is 0.466 e. The summed E-state index contributed by atoms with van der Waals surface area (Å²) in [5, 5.41) is 0. The van der Waals surface area contributed by atoms with Crippen LogP contribution in [0.3, 0.4) is 0 Å². The lowest BCUT2D eigenvalue weighted by molar-refractivity contribution is -0.143. The molecule has 3 heteroatoms. The van der Waals surface area contributed by atoms with Crippen molar-refractivity contribution in [3.63, 3.8) is 0 Å². The molecule has 3 atom stereocenters. The number of rotatable bonds is 25. The molecule has 0 saturated heterocycles. The second-order valence-electron chi connectivity index (χ2n) is 11.4. The second-order valence-corrected chi connectivity index (χ2v) is 11.4. The Morgan fingerprint density at radius 3 is 1.68 bits per heavy atom. The SMILES string of the molecule is CCCCCCCC(CCCCCCCCC1CC1CCCCCCCC(=O)OCC)N(C)C. The van der Waals surface area contributed by atoms with Crippen LogP contribution in [-0.4, -0.2) is 37.6 Å². The van der Waals surface area contributed by atoms with Crippen LogP contribution in [0.2, 0.25) is 0 Å². The lowest BCUT2D eigenvalue weighted by Crippen LogP contribution is -2.27. The molecule has 1 aliphatic carbocycles. The Labute approximate surface area is 214 Å². The van der Waals surface area contributed by atoms with Gasteiger partial charge in [-0.1, -0.05) is 116 Å². The van der Waals surface area contributed by atoms with Gasteiger partial charge in [0.1, 0.15) is 0 Å². The average molecular weight is 480 g/mol. The molecule has 0 aliphatic heterocycles. The summed E-state index contributed by atoms with van der Waals surface area (Å²) >= 11 is 0. The fourth-order valence-electron chi connectivity index (χ4n) is 5.59. The van der Waals surface area contributed by atoms with E-state index in [-0.39, 0.29) is 5.97 Å². The summed E-state index contributed by atoms with van der Waals surface area (Å²) in [5.74, 6) is 2.08. The first-order valence-electron chi connectivity index (χ1n) is 15.4. The Morgan fingerprint density at radius 1 is 0.706 bits per heavy atom. The minimum Gasteiger partial charge on any atom is -0.466 e.